The molecule has 0 radical (unpaired) electrons. The number of nitrogens with one attached hydrogen (secondary N) is 1. The number of carboxylic acid groups (broad SMARTS) is 1. The summed E-state index contributed by atoms with van der Waals surface area (Å²) >= 11 is 0. The van der Waals surface area contributed by atoms with Crippen molar-refractivity contribution in [3.8, 4) is 0 Å². The Balaban J connectivity index is 2.16. The summed E-state index contributed by atoms with van der Waals surface area (Å²) in [6.45, 7) is 8.71. The van der Waals surface area contributed by atoms with Gasteiger partial charge < -0.3 is 15.3 Å². The second-order valence-electron chi connectivity index (χ2n) is 8.08. The summed E-state index contributed by atoms with van der Waals surface area (Å²) in [5, 5.41) is 12.3. The maximum atomic E-state index is 13.2. The van der Waals surface area contributed by atoms with Crippen LogP contribution in [0.25, 0.3) is 0 Å². The molecule has 6 heteroatoms. The van der Waals surface area contributed by atoms with Crippen LogP contribution in [0.3, 0.4) is 0 Å². The normalized spacial score (nSPS) is 22.4. The Kier molecular flexibility index (Phi) is 5.70. The topological polar surface area (TPSA) is 69.6 Å². The van der Waals surface area contributed by atoms with Crippen molar-refractivity contribution < 1.29 is 19.1 Å². The molecule has 1 aromatic carbocycles. The van der Waals surface area contributed by atoms with Crippen molar-refractivity contribution in [3.05, 3.63) is 35.6 Å². The van der Waals surface area contributed by atoms with Crippen molar-refractivity contribution in [1.29, 1.82) is 0 Å². The molecule has 2 amide bonds. The Bertz CT molecular complexity index is 625. The summed E-state index contributed by atoms with van der Waals surface area (Å²) in [4.78, 5) is 25.6. The molecule has 3 unspecified atom stereocenters. The highest BCUT2D eigenvalue weighted by Crippen LogP contribution is 2.33. The van der Waals surface area contributed by atoms with Crippen molar-refractivity contribution in [2.24, 2.45) is 17.3 Å². The van der Waals surface area contributed by atoms with E-state index in [4.69, 9.17) is 0 Å². The minimum atomic E-state index is -0.866. The molecular weight excluding hydrogens is 323 g/mol. The number of rotatable bonds is 3. The number of likely N-dealkylation sites (tertiary alicyclic amines) is 1. The molecular formula is C19H27FN2O3. The predicted octanol–water partition coefficient (Wildman–Crippen LogP) is 3.67. The molecule has 3 atom stereocenters. The van der Waals surface area contributed by atoms with E-state index in [2.05, 4.69) is 5.32 Å². The van der Waals surface area contributed by atoms with Crippen LogP contribution in [0.15, 0.2) is 24.3 Å². The number of amides is 2. The van der Waals surface area contributed by atoms with Gasteiger partial charge in [-0.15, -0.1) is 0 Å². The van der Waals surface area contributed by atoms with Crippen molar-refractivity contribution in [1.82, 2.24) is 10.2 Å². The molecule has 1 aromatic rings. The first-order valence-electron chi connectivity index (χ1n) is 8.61. The lowest BCUT2D eigenvalue weighted by Gasteiger charge is -2.38. The standard InChI is InChI=1S/C19H27FN2O3/c1-12-9-14(17(23)24)11-22(10-12)18(25)21-16(19(2,3)4)13-5-7-15(20)8-6-13/h5-8,12,14,16H,9-11H2,1-4H3,(H,21,25)(H,23,24). The summed E-state index contributed by atoms with van der Waals surface area (Å²) in [5.41, 5.74) is 0.545. The minimum absolute atomic E-state index is 0.138. The summed E-state index contributed by atoms with van der Waals surface area (Å²) in [5.74, 6) is -1.58. The number of carbonyl (C=O) groups excluding carboxylic acids is 1. The Labute approximate surface area is 148 Å². The van der Waals surface area contributed by atoms with Crippen LogP contribution in [0.5, 0.6) is 0 Å². The molecule has 1 fully saturated rings. The van der Waals surface area contributed by atoms with Gasteiger partial charge in [0.2, 0.25) is 0 Å². The van der Waals surface area contributed by atoms with Crippen LogP contribution in [0.4, 0.5) is 9.18 Å². The number of halogens is 1. The van der Waals surface area contributed by atoms with Gasteiger partial charge in [0, 0.05) is 13.1 Å². The number of hydrogen-bond donors (Lipinski definition) is 2. The van der Waals surface area contributed by atoms with Crippen molar-refractivity contribution in [3.63, 3.8) is 0 Å². The second-order valence-corrected chi connectivity index (χ2v) is 8.08. The molecule has 0 saturated carbocycles. The van der Waals surface area contributed by atoms with Gasteiger partial charge >= 0.3 is 12.0 Å². The highest BCUT2D eigenvalue weighted by Gasteiger charge is 2.34. The maximum absolute atomic E-state index is 13.2. The molecule has 0 bridgehead atoms. The number of nitrogens with zero attached hydrogens (tertiary/aromatic N) is 1. The van der Waals surface area contributed by atoms with Gasteiger partial charge in [-0.1, -0.05) is 39.8 Å². The lowest BCUT2D eigenvalue weighted by molar-refractivity contribution is -0.143. The third-order valence-electron chi connectivity index (χ3n) is 4.63. The molecule has 2 rings (SSSR count). The molecule has 0 aliphatic carbocycles. The summed E-state index contributed by atoms with van der Waals surface area (Å²) in [7, 11) is 0. The van der Waals surface area contributed by atoms with Crippen LogP contribution >= 0.6 is 0 Å². The first-order chi connectivity index (χ1) is 11.6. The molecule has 1 aliphatic heterocycles. The van der Waals surface area contributed by atoms with E-state index >= 15 is 0 Å². The van der Waals surface area contributed by atoms with Gasteiger partial charge in [0.15, 0.2) is 0 Å². The molecule has 2 N–H and O–H groups in total. The number of urea groups is 1. The molecule has 1 aliphatic rings. The van der Waals surface area contributed by atoms with Crippen LogP contribution in [0.2, 0.25) is 0 Å². The van der Waals surface area contributed by atoms with E-state index in [0.29, 0.717) is 13.0 Å². The first kappa shape index (κ1) is 19.2. The fraction of sp³-hybridized carbons (Fsp3) is 0.579. The number of carboxylic acids is 1. The van der Waals surface area contributed by atoms with Gasteiger partial charge in [-0.25, -0.2) is 9.18 Å². The van der Waals surface area contributed by atoms with Crippen LogP contribution in [0.1, 0.15) is 45.7 Å². The Morgan fingerprint density at radius 2 is 1.84 bits per heavy atom. The minimum Gasteiger partial charge on any atom is -0.481 e. The molecule has 25 heavy (non-hydrogen) atoms. The average Bonchev–Trinajstić information content (AvgIpc) is 2.51. The summed E-state index contributed by atoms with van der Waals surface area (Å²) in [6, 6.07) is 5.52. The van der Waals surface area contributed by atoms with Gasteiger partial charge in [0.05, 0.1) is 12.0 Å². The number of piperidine rings is 1. The van der Waals surface area contributed by atoms with Crippen molar-refractivity contribution in [2.45, 2.75) is 40.2 Å². The van der Waals surface area contributed by atoms with Gasteiger partial charge in [0.1, 0.15) is 5.82 Å². The van der Waals surface area contributed by atoms with E-state index in [0.717, 1.165) is 5.56 Å². The van der Waals surface area contributed by atoms with E-state index in [-0.39, 0.29) is 35.8 Å². The van der Waals surface area contributed by atoms with E-state index in [1.807, 2.05) is 27.7 Å². The number of benzene rings is 1. The van der Waals surface area contributed by atoms with Crippen LogP contribution < -0.4 is 5.32 Å². The van der Waals surface area contributed by atoms with Crippen molar-refractivity contribution >= 4 is 12.0 Å². The molecule has 0 spiro atoms. The number of aliphatic carboxylic acids is 1. The van der Waals surface area contributed by atoms with E-state index in [1.165, 1.54) is 12.1 Å². The van der Waals surface area contributed by atoms with E-state index < -0.39 is 11.9 Å². The SMILES string of the molecule is CC1CC(C(=O)O)CN(C(=O)NC(c2ccc(F)cc2)C(C)(C)C)C1. The van der Waals surface area contributed by atoms with Crippen LogP contribution in [-0.2, 0) is 4.79 Å². The maximum Gasteiger partial charge on any atom is 0.317 e. The zero-order valence-corrected chi connectivity index (χ0v) is 15.3. The third-order valence-corrected chi connectivity index (χ3v) is 4.63. The largest absolute Gasteiger partial charge is 0.481 e. The molecule has 138 valence electrons. The fourth-order valence-corrected chi connectivity index (χ4v) is 3.37. The Hall–Kier alpha value is -2.11. The zero-order chi connectivity index (χ0) is 18.8. The third kappa shape index (κ3) is 4.94. The molecule has 5 nitrogen and oxygen atoms in total. The second kappa shape index (κ2) is 7.42. The lowest BCUT2D eigenvalue weighted by atomic mass is 9.82. The van der Waals surface area contributed by atoms with Gasteiger partial charge in [-0.2, -0.15) is 0 Å². The highest BCUT2D eigenvalue weighted by molar-refractivity contribution is 5.77. The first-order valence-corrected chi connectivity index (χ1v) is 8.61. The van der Waals surface area contributed by atoms with Crippen LogP contribution in [-0.4, -0.2) is 35.1 Å². The molecule has 0 aromatic heterocycles. The average molecular weight is 350 g/mol. The fourth-order valence-electron chi connectivity index (χ4n) is 3.37. The monoisotopic (exact) mass is 350 g/mol. The van der Waals surface area contributed by atoms with Gasteiger partial charge in [-0.3, -0.25) is 4.79 Å². The smallest absolute Gasteiger partial charge is 0.317 e. The Morgan fingerprint density at radius 1 is 1.24 bits per heavy atom. The van der Waals surface area contributed by atoms with Gasteiger partial charge in [0.25, 0.3) is 0 Å². The van der Waals surface area contributed by atoms with Crippen molar-refractivity contribution in [2.75, 3.05) is 13.1 Å². The van der Waals surface area contributed by atoms with Gasteiger partial charge in [-0.05, 0) is 35.4 Å². The molecule has 1 heterocycles. The summed E-state index contributed by atoms with van der Waals surface area (Å²) < 4.78 is 13.2. The Morgan fingerprint density at radius 3 is 2.36 bits per heavy atom. The van der Waals surface area contributed by atoms with E-state index in [9.17, 15) is 19.1 Å². The zero-order valence-electron chi connectivity index (χ0n) is 15.3. The number of carbonyl (C=O) groups is 2. The van der Waals surface area contributed by atoms with Crippen LogP contribution in [0, 0.1) is 23.1 Å². The predicted molar refractivity (Wildman–Crippen MR) is 93.6 cm³/mol. The van der Waals surface area contributed by atoms with E-state index in [1.54, 1.807) is 17.0 Å². The highest BCUT2D eigenvalue weighted by atomic mass is 19.1. The summed E-state index contributed by atoms with van der Waals surface area (Å²) in [6.07, 6.45) is 0.583. The molecule has 1 saturated heterocycles. The lowest BCUT2D eigenvalue weighted by Crippen LogP contribution is -2.51. The number of hydrogen-bond acceptors (Lipinski definition) is 2. The quantitative estimate of drug-likeness (QED) is 0.874.